The molecule has 0 aliphatic carbocycles. The molecule has 4 rings (SSSR count). The van der Waals surface area contributed by atoms with E-state index in [-0.39, 0.29) is 17.5 Å². The number of nitrogens with one attached hydrogen (secondary N) is 2. The molecule has 1 atom stereocenters. The van der Waals surface area contributed by atoms with Crippen molar-refractivity contribution in [2.75, 3.05) is 31.2 Å². The Balaban J connectivity index is 1.49. The van der Waals surface area contributed by atoms with Gasteiger partial charge in [0.2, 0.25) is 5.91 Å². The molecular formula is C22H28N4O3. The third-order valence-corrected chi connectivity index (χ3v) is 6.19. The van der Waals surface area contributed by atoms with E-state index in [9.17, 15) is 9.59 Å². The van der Waals surface area contributed by atoms with E-state index >= 15 is 0 Å². The molecule has 1 unspecified atom stereocenters. The minimum atomic E-state index is -0.532. The first kappa shape index (κ1) is 19.6. The summed E-state index contributed by atoms with van der Waals surface area (Å²) in [5, 5.41) is 9.94. The Hall–Kier alpha value is -2.67. The van der Waals surface area contributed by atoms with E-state index in [4.69, 9.17) is 4.74 Å². The fourth-order valence-electron chi connectivity index (χ4n) is 4.52. The van der Waals surface area contributed by atoms with E-state index in [1.165, 1.54) is 6.07 Å². The number of aromatic nitrogens is 2. The maximum atomic E-state index is 13.4. The molecule has 7 nitrogen and oxygen atoms in total. The van der Waals surface area contributed by atoms with E-state index in [0.717, 1.165) is 37.2 Å². The Morgan fingerprint density at radius 3 is 2.69 bits per heavy atom. The molecule has 7 heteroatoms. The minimum Gasteiger partial charge on any atom is -0.381 e. The summed E-state index contributed by atoms with van der Waals surface area (Å²) in [7, 11) is 0. The van der Waals surface area contributed by atoms with Crippen molar-refractivity contribution in [1.82, 2.24) is 15.5 Å². The van der Waals surface area contributed by atoms with Crippen molar-refractivity contribution in [1.29, 1.82) is 0 Å². The number of H-pyrrole nitrogens is 1. The Morgan fingerprint density at radius 2 is 1.97 bits per heavy atom. The van der Waals surface area contributed by atoms with Crippen molar-refractivity contribution in [3.63, 3.8) is 0 Å². The lowest BCUT2D eigenvalue weighted by Crippen LogP contribution is -2.53. The Labute approximate surface area is 170 Å². The van der Waals surface area contributed by atoms with Crippen molar-refractivity contribution < 1.29 is 9.53 Å². The molecule has 1 amide bonds. The van der Waals surface area contributed by atoms with Crippen LogP contribution in [0.25, 0.3) is 0 Å². The van der Waals surface area contributed by atoms with Gasteiger partial charge >= 0.3 is 0 Å². The van der Waals surface area contributed by atoms with Crippen molar-refractivity contribution in [3.05, 3.63) is 58.4 Å². The van der Waals surface area contributed by atoms with E-state index < -0.39 is 5.41 Å². The van der Waals surface area contributed by atoms with E-state index in [0.29, 0.717) is 32.6 Å². The van der Waals surface area contributed by atoms with Crippen LogP contribution in [0, 0.1) is 0 Å². The molecule has 0 saturated carbocycles. The normalized spacial score (nSPS) is 21.5. The van der Waals surface area contributed by atoms with E-state index in [1.807, 2.05) is 30.3 Å². The average molecular weight is 396 g/mol. The van der Waals surface area contributed by atoms with Crippen LogP contribution in [0.2, 0.25) is 0 Å². The molecular weight excluding hydrogens is 368 g/mol. The number of ether oxygens (including phenoxy) is 1. The van der Waals surface area contributed by atoms with Crippen LogP contribution in [0.4, 0.5) is 5.82 Å². The number of rotatable bonds is 5. The molecule has 2 saturated heterocycles. The summed E-state index contributed by atoms with van der Waals surface area (Å²) in [5.41, 5.74) is 0.318. The van der Waals surface area contributed by atoms with Crippen molar-refractivity contribution in [3.8, 4) is 0 Å². The van der Waals surface area contributed by atoms with Crippen molar-refractivity contribution >= 4 is 11.7 Å². The third-order valence-electron chi connectivity index (χ3n) is 6.19. The zero-order chi connectivity index (χ0) is 20.1. The van der Waals surface area contributed by atoms with Gasteiger partial charge in [0.15, 0.2) is 0 Å². The van der Waals surface area contributed by atoms with Gasteiger partial charge in [-0.15, -0.1) is 0 Å². The van der Waals surface area contributed by atoms with Gasteiger partial charge in [0.25, 0.3) is 5.56 Å². The summed E-state index contributed by atoms with van der Waals surface area (Å²) in [6, 6.07) is 13.5. The highest BCUT2D eigenvalue weighted by molar-refractivity contribution is 5.88. The second-order valence-corrected chi connectivity index (χ2v) is 7.89. The number of hydrogen-bond donors (Lipinski definition) is 2. The van der Waals surface area contributed by atoms with Crippen LogP contribution in [-0.2, 0) is 14.9 Å². The number of carbonyl (C=O) groups excluding carboxylic acids is 1. The minimum absolute atomic E-state index is 0.0759. The van der Waals surface area contributed by atoms with Crippen LogP contribution in [0.1, 0.15) is 37.7 Å². The molecule has 2 aliphatic rings. The van der Waals surface area contributed by atoms with E-state index in [2.05, 4.69) is 20.4 Å². The number of hydrogen-bond acceptors (Lipinski definition) is 5. The molecule has 0 bridgehead atoms. The van der Waals surface area contributed by atoms with Crippen LogP contribution in [0.5, 0.6) is 0 Å². The molecule has 1 aromatic carbocycles. The third kappa shape index (κ3) is 4.19. The summed E-state index contributed by atoms with van der Waals surface area (Å²) in [4.78, 5) is 26.9. The molecule has 0 spiro atoms. The number of carbonyl (C=O) groups is 1. The highest BCUT2D eigenvalue weighted by atomic mass is 16.5. The van der Waals surface area contributed by atoms with Crippen LogP contribution in [0.15, 0.2) is 47.3 Å². The molecule has 0 radical (unpaired) electrons. The number of anilines is 1. The number of aromatic amines is 1. The predicted molar refractivity (Wildman–Crippen MR) is 111 cm³/mol. The number of piperidine rings is 1. The van der Waals surface area contributed by atoms with Crippen LogP contribution < -0.4 is 15.8 Å². The standard InChI is InChI=1S/C22H28N4O3/c27-20-10-9-19(24-25-20)26-13-5-4-8-18(26)16-23-21(28)22(11-14-29-15-12-22)17-6-2-1-3-7-17/h1-3,6-7,9-10,18H,4-5,8,11-16H2,(H,23,28)(H,25,27). The molecule has 1 aromatic heterocycles. The van der Waals surface area contributed by atoms with Gasteiger partial charge in [-0.05, 0) is 43.7 Å². The highest BCUT2D eigenvalue weighted by Gasteiger charge is 2.41. The van der Waals surface area contributed by atoms with Gasteiger partial charge in [-0.3, -0.25) is 9.59 Å². The summed E-state index contributed by atoms with van der Waals surface area (Å²) < 4.78 is 5.55. The molecule has 154 valence electrons. The Bertz CT molecular complexity index is 857. The smallest absolute Gasteiger partial charge is 0.264 e. The van der Waals surface area contributed by atoms with Gasteiger partial charge in [0.1, 0.15) is 5.82 Å². The van der Waals surface area contributed by atoms with E-state index in [1.54, 1.807) is 6.07 Å². The van der Waals surface area contributed by atoms with Crippen molar-refractivity contribution in [2.45, 2.75) is 43.6 Å². The number of benzene rings is 1. The fraction of sp³-hybridized carbons (Fsp3) is 0.500. The number of amides is 1. The van der Waals surface area contributed by atoms with Crippen LogP contribution in [-0.4, -0.2) is 48.4 Å². The largest absolute Gasteiger partial charge is 0.381 e. The summed E-state index contributed by atoms with van der Waals surface area (Å²) in [5.74, 6) is 0.833. The second-order valence-electron chi connectivity index (χ2n) is 7.89. The molecule has 2 N–H and O–H groups in total. The quantitative estimate of drug-likeness (QED) is 0.807. The lowest BCUT2D eigenvalue weighted by molar-refractivity contribution is -0.130. The second kappa shape index (κ2) is 8.78. The predicted octanol–water partition coefficient (Wildman–Crippen LogP) is 1.99. The van der Waals surface area contributed by atoms with Crippen molar-refractivity contribution in [2.24, 2.45) is 0 Å². The SMILES string of the molecule is O=C(NCC1CCCCN1c1ccc(=O)[nH]n1)C1(c2ccccc2)CCOCC1. The average Bonchev–Trinajstić information content (AvgIpc) is 2.79. The van der Waals surface area contributed by atoms with Crippen LogP contribution >= 0.6 is 0 Å². The Morgan fingerprint density at radius 1 is 1.17 bits per heavy atom. The fourth-order valence-corrected chi connectivity index (χ4v) is 4.52. The maximum absolute atomic E-state index is 13.4. The summed E-state index contributed by atoms with van der Waals surface area (Å²) in [6.07, 6.45) is 4.58. The monoisotopic (exact) mass is 396 g/mol. The molecule has 3 heterocycles. The van der Waals surface area contributed by atoms with Gasteiger partial charge in [-0.25, -0.2) is 5.10 Å². The van der Waals surface area contributed by atoms with Gasteiger partial charge in [0.05, 0.1) is 5.41 Å². The molecule has 2 fully saturated rings. The van der Waals surface area contributed by atoms with Gasteiger partial charge in [0, 0.05) is 38.4 Å². The van der Waals surface area contributed by atoms with Gasteiger partial charge in [-0.1, -0.05) is 30.3 Å². The highest BCUT2D eigenvalue weighted by Crippen LogP contribution is 2.35. The first-order chi connectivity index (χ1) is 14.2. The molecule has 2 aliphatic heterocycles. The lowest BCUT2D eigenvalue weighted by atomic mass is 9.73. The number of nitrogens with zero attached hydrogens (tertiary/aromatic N) is 2. The zero-order valence-corrected chi connectivity index (χ0v) is 16.6. The maximum Gasteiger partial charge on any atom is 0.264 e. The van der Waals surface area contributed by atoms with Gasteiger partial charge in [-0.2, -0.15) is 5.10 Å². The lowest BCUT2D eigenvalue weighted by Gasteiger charge is -2.39. The molecule has 29 heavy (non-hydrogen) atoms. The topological polar surface area (TPSA) is 87.3 Å². The van der Waals surface area contributed by atoms with Gasteiger partial charge < -0.3 is 15.0 Å². The van der Waals surface area contributed by atoms with Crippen LogP contribution in [0.3, 0.4) is 0 Å². The Kier molecular flexibility index (Phi) is 5.94. The first-order valence-electron chi connectivity index (χ1n) is 10.4. The summed E-state index contributed by atoms with van der Waals surface area (Å²) >= 11 is 0. The molecule has 2 aromatic rings. The first-order valence-corrected chi connectivity index (χ1v) is 10.4. The summed E-state index contributed by atoms with van der Waals surface area (Å²) in [6.45, 7) is 2.63. The zero-order valence-electron chi connectivity index (χ0n) is 16.6.